The Balaban J connectivity index is 1.63. The van der Waals surface area contributed by atoms with E-state index in [4.69, 9.17) is 9.47 Å². The number of carbonyl (C=O) groups is 1. The van der Waals surface area contributed by atoms with Gasteiger partial charge in [0.25, 0.3) is 0 Å². The fourth-order valence-corrected chi connectivity index (χ4v) is 2.76. The van der Waals surface area contributed by atoms with Gasteiger partial charge in [-0.15, -0.1) is 0 Å². The van der Waals surface area contributed by atoms with Crippen LogP contribution in [0.1, 0.15) is 11.1 Å². The van der Waals surface area contributed by atoms with Crippen LogP contribution in [0.5, 0.6) is 5.75 Å². The van der Waals surface area contributed by atoms with Crippen LogP contribution in [-0.2, 0) is 16.0 Å². The van der Waals surface area contributed by atoms with Crippen molar-refractivity contribution in [1.82, 2.24) is 4.57 Å². The number of rotatable bonds is 8. The summed E-state index contributed by atoms with van der Waals surface area (Å²) in [6, 6.07) is 17.7. The maximum atomic E-state index is 12.5. The number of nitrogens with one attached hydrogen (secondary N) is 1. The molecule has 1 N–H and O–H groups in total. The smallest absolute Gasteiger partial charge is 0.228 e. The van der Waals surface area contributed by atoms with Gasteiger partial charge in [-0.25, -0.2) is 0 Å². The molecule has 5 heteroatoms. The first kappa shape index (κ1) is 18.7. The number of methoxy groups -OCH3 is 1. The number of hydrogen-bond donors (Lipinski definition) is 1. The highest BCUT2D eigenvalue weighted by Crippen LogP contribution is 2.26. The number of nitrogens with zero attached hydrogens (tertiary/aromatic N) is 1. The van der Waals surface area contributed by atoms with Crippen LogP contribution in [0.15, 0.2) is 67.0 Å². The molecule has 140 valence electrons. The molecule has 3 rings (SSSR count). The van der Waals surface area contributed by atoms with Crippen LogP contribution in [0.3, 0.4) is 0 Å². The van der Waals surface area contributed by atoms with E-state index in [1.807, 2.05) is 78.5 Å². The number of amides is 1. The number of aromatic nitrogens is 1. The van der Waals surface area contributed by atoms with E-state index in [0.717, 1.165) is 16.8 Å². The number of benzene rings is 2. The number of ether oxygens (including phenoxy) is 2. The minimum atomic E-state index is -0.0795. The lowest BCUT2D eigenvalue weighted by Crippen LogP contribution is -2.16. The van der Waals surface area contributed by atoms with Crippen LogP contribution in [0, 0.1) is 6.92 Å². The topological polar surface area (TPSA) is 52.5 Å². The van der Waals surface area contributed by atoms with Crippen molar-refractivity contribution in [3.05, 3.63) is 78.1 Å². The van der Waals surface area contributed by atoms with Crippen molar-refractivity contribution in [3.8, 4) is 11.4 Å². The molecule has 1 heterocycles. The molecule has 3 aromatic rings. The molecule has 1 amide bonds. The van der Waals surface area contributed by atoms with Crippen molar-refractivity contribution >= 4 is 11.6 Å². The molecule has 0 aliphatic heterocycles. The Morgan fingerprint density at radius 1 is 1.04 bits per heavy atom. The molecule has 0 atom stereocenters. The zero-order valence-corrected chi connectivity index (χ0v) is 15.6. The quantitative estimate of drug-likeness (QED) is 0.615. The molecular formula is C22H24N2O3. The van der Waals surface area contributed by atoms with E-state index in [2.05, 4.69) is 5.32 Å². The third-order valence-corrected chi connectivity index (χ3v) is 4.16. The first-order chi connectivity index (χ1) is 13.2. The molecule has 27 heavy (non-hydrogen) atoms. The van der Waals surface area contributed by atoms with Gasteiger partial charge in [-0.1, -0.05) is 18.2 Å². The molecule has 0 fully saturated rings. The van der Waals surface area contributed by atoms with Crippen molar-refractivity contribution < 1.29 is 14.3 Å². The highest BCUT2D eigenvalue weighted by molar-refractivity contribution is 5.93. The van der Waals surface area contributed by atoms with Gasteiger partial charge in [-0.3, -0.25) is 4.79 Å². The SMILES string of the molecule is COCCOc1cc(C)ccc1NC(=O)Cc1ccc(-n2cccc2)cc1. The van der Waals surface area contributed by atoms with E-state index >= 15 is 0 Å². The van der Waals surface area contributed by atoms with E-state index in [1.54, 1.807) is 7.11 Å². The summed E-state index contributed by atoms with van der Waals surface area (Å²) in [5, 5.41) is 2.95. The largest absolute Gasteiger partial charge is 0.489 e. The molecule has 0 saturated carbocycles. The summed E-state index contributed by atoms with van der Waals surface area (Å²) in [5.41, 5.74) is 3.76. The summed E-state index contributed by atoms with van der Waals surface area (Å²) < 4.78 is 12.8. The van der Waals surface area contributed by atoms with E-state index in [0.29, 0.717) is 31.1 Å². The summed E-state index contributed by atoms with van der Waals surface area (Å²) >= 11 is 0. The highest BCUT2D eigenvalue weighted by Gasteiger charge is 2.10. The standard InChI is InChI=1S/C22H24N2O3/c1-17-5-10-20(21(15-17)27-14-13-26-2)23-22(25)16-18-6-8-19(9-7-18)24-11-3-4-12-24/h3-12,15H,13-14,16H2,1-2H3,(H,23,25). The maximum absolute atomic E-state index is 12.5. The van der Waals surface area contributed by atoms with Crippen molar-refractivity contribution in [2.45, 2.75) is 13.3 Å². The number of carbonyl (C=O) groups excluding carboxylic acids is 1. The highest BCUT2D eigenvalue weighted by atomic mass is 16.5. The Kier molecular flexibility index (Phi) is 6.28. The van der Waals surface area contributed by atoms with Crippen LogP contribution < -0.4 is 10.1 Å². The van der Waals surface area contributed by atoms with E-state index < -0.39 is 0 Å². The maximum Gasteiger partial charge on any atom is 0.228 e. The molecular weight excluding hydrogens is 340 g/mol. The molecule has 5 nitrogen and oxygen atoms in total. The van der Waals surface area contributed by atoms with Crippen LogP contribution in [0.25, 0.3) is 5.69 Å². The Hall–Kier alpha value is -3.05. The van der Waals surface area contributed by atoms with Gasteiger partial charge in [-0.05, 0) is 54.4 Å². The van der Waals surface area contributed by atoms with E-state index in [-0.39, 0.29) is 5.91 Å². The molecule has 0 saturated heterocycles. The number of anilines is 1. The van der Waals surface area contributed by atoms with Gasteiger partial charge in [0.05, 0.1) is 18.7 Å². The lowest BCUT2D eigenvalue weighted by molar-refractivity contribution is -0.115. The molecule has 0 aliphatic carbocycles. The van der Waals surface area contributed by atoms with E-state index in [1.165, 1.54) is 0 Å². The van der Waals surface area contributed by atoms with Gasteiger partial charge in [0, 0.05) is 25.2 Å². The fraction of sp³-hybridized carbons (Fsp3) is 0.227. The summed E-state index contributed by atoms with van der Waals surface area (Å²) in [7, 11) is 1.63. The normalized spacial score (nSPS) is 10.6. The van der Waals surface area contributed by atoms with Crippen molar-refractivity contribution in [1.29, 1.82) is 0 Å². The summed E-state index contributed by atoms with van der Waals surface area (Å²) in [6.07, 6.45) is 4.28. The van der Waals surface area contributed by atoms with Gasteiger partial charge >= 0.3 is 0 Å². The molecule has 2 aromatic carbocycles. The zero-order valence-electron chi connectivity index (χ0n) is 15.6. The summed E-state index contributed by atoms with van der Waals surface area (Å²) in [5.74, 6) is 0.576. The van der Waals surface area contributed by atoms with Gasteiger partial charge in [0.1, 0.15) is 12.4 Å². The van der Waals surface area contributed by atoms with Gasteiger partial charge in [-0.2, -0.15) is 0 Å². The molecule has 0 spiro atoms. The number of aryl methyl sites for hydroxylation is 1. The summed E-state index contributed by atoms with van der Waals surface area (Å²) in [4.78, 5) is 12.5. The average Bonchev–Trinajstić information content (AvgIpc) is 3.19. The predicted octanol–water partition coefficient (Wildman–Crippen LogP) is 3.99. The Labute approximate surface area is 159 Å². The average molecular weight is 364 g/mol. The minimum absolute atomic E-state index is 0.0795. The third-order valence-electron chi connectivity index (χ3n) is 4.16. The van der Waals surface area contributed by atoms with Crippen LogP contribution in [0.2, 0.25) is 0 Å². The second-order valence-corrected chi connectivity index (χ2v) is 6.32. The minimum Gasteiger partial charge on any atom is -0.489 e. The van der Waals surface area contributed by atoms with Gasteiger partial charge in [0.2, 0.25) is 5.91 Å². The summed E-state index contributed by atoms with van der Waals surface area (Å²) in [6.45, 7) is 2.92. The first-order valence-electron chi connectivity index (χ1n) is 8.90. The lowest BCUT2D eigenvalue weighted by Gasteiger charge is -2.13. The van der Waals surface area contributed by atoms with Gasteiger partial charge < -0.3 is 19.4 Å². The fourth-order valence-electron chi connectivity index (χ4n) is 2.76. The zero-order chi connectivity index (χ0) is 19.1. The lowest BCUT2D eigenvalue weighted by atomic mass is 10.1. The van der Waals surface area contributed by atoms with Crippen molar-refractivity contribution in [3.63, 3.8) is 0 Å². The Bertz CT molecular complexity index is 871. The predicted molar refractivity (Wildman–Crippen MR) is 107 cm³/mol. The van der Waals surface area contributed by atoms with E-state index in [9.17, 15) is 4.79 Å². The van der Waals surface area contributed by atoms with Crippen LogP contribution in [0.4, 0.5) is 5.69 Å². The van der Waals surface area contributed by atoms with Crippen molar-refractivity contribution in [2.75, 3.05) is 25.6 Å². The molecule has 0 radical (unpaired) electrons. The van der Waals surface area contributed by atoms with Crippen LogP contribution >= 0.6 is 0 Å². The first-order valence-corrected chi connectivity index (χ1v) is 8.90. The Morgan fingerprint density at radius 3 is 2.48 bits per heavy atom. The van der Waals surface area contributed by atoms with Crippen molar-refractivity contribution in [2.24, 2.45) is 0 Å². The second-order valence-electron chi connectivity index (χ2n) is 6.32. The molecule has 0 aliphatic rings. The Morgan fingerprint density at radius 2 is 1.78 bits per heavy atom. The second kappa shape index (κ2) is 9.05. The van der Waals surface area contributed by atoms with Crippen LogP contribution in [-0.4, -0.2) is 30.8 Å². The molecule has 0 bridgehead atoms. The molecule has 0 unspecified atom stereocenters. The number of hydrogen-bond acceptors (Lipinski definition) is 3. The monoisotopic (exact) mass is 364 g/mol. The molecule has 1 aromatic heterocycles. The third kappa shape index (κ3) is 5.21. The van der Waals surface area contributed by atoms with Gasteiger partial charge in [0.15, 0.2) is 0 Å².